The van der Waals surface area contributed by atoms with Gasteiger partial charge in [-0.05, 0) is 76.8 Å². The fourth-order valence-electron chi connectivity index (χ4n) is 5.65. The normalized spacial score (nSPS) is 19.8. The number of amides is 2. The van der Waals surface area contributed by atoms with E-state index in [4.69, 9.17) is 4.74 Å². The fourth-order valence-corrected chi connectivity index (χ4v) is 5.65. The number of carbonyl (C=O) groups is 2. The van der Waals surface area contributed by atoms with Gasteiger partial charge in [-0.2, -0.15) is 0 Å². The smallest absolute Gasteiger partial charge is 0.410 e. The van der Waals surface area contributed by atoms with Crippen molar-refractivity contribution in [1.82, 2.24) is 14.9 Å². The van der Waals surface area contributed by atoms with Crippen LogP contribution >= 0.6 is 0 Å². The van der Waals surface area contributed by atoms with Crippen LogP contribution in [0.2, 0.25) is 0 Å². The highest BCUT2D eigenvalue weighted by Crippen LogP contribution is 2.31. The maximum Gasteiger partial charge on any atom is 0.410 e. The molecule has 1 aliphatic heterocycles. The second-order valence-electron chi connectivity index (χ2n) is 11.8. The lowest BCUT2D eigenvalue weighted by Gasteiger charge is -2.38. The number of benzene rings is 2. The zero-order valence-electron chi connectivity index (χ0n) is 24.0. The van der Waals surface area contributed by atoms with Crippen LogP contribution in [0.3, 0.4) is 0 Å². The number of para-hydroxylation sites is 1. The monoisotopic (exact) mass is 544 g/mol. The van der Waals surface area contributed by atoms with E-state index >= 15 is 0 Å². The van der Waals surface area contributed by atoms with E-state index in [2.05, 4.69) is 32.3 Å². The summed E-state index contributed by atoms with van der Waals surface area (Å²) in [4.78, 5) is 40.3. The third kappa shape index (κ3) is 6.63. The van der Waals surface area contributed by atoms with Gasteiger partial charge in [0.15, 0.2) is 0 Å². The zero-order valence-corrected chi connectivity index (χ0v) is 24.0. The molecule has 40 heavy (non-hydrogen) atoms. The van der Waals surface area contributed by atoms with Crippen molar-refractivity contribution in [2.24, 2.45) is 0 Å². The molecular formula is C31H40N6O3. The van der Waals surface area contributed by atoms with E-state index < -0.39 is 5.60 Å². The second-order valence-corrected chi connectivity index (χ2v) is 11.8. The number of anilines is 3. The summed E-state index contributed by atoms with van der Waals surface area (Å²) in [5.41, 5.74) is 2.47. The molecule has 1 saturated heterocycles. The Kier molecular flexibility index (Phi) is 8.09. The van der Waals surface area contributed by atoms with Gasteiger partial charge in [-0.25, -0.2) is 14.8 Å². The van der Waals surface area contributed by atoms with Crippen LogP contribution in [0.5, 0.6) is 0 Å². The highest BCUT2D eigenvalue weighted by molar-refractivity contribution is 5.92. The van der Waals surface area contributed by atoms with Crippen molar-refractivity contribution >= 4 is 40.2 Å². The van der Waals surface area contributed by atoms with Crippen LogP contribution in [0, 0.1) is 0 Å². The largest absolute Gasteiger partial charge is 0.444 e. The van der Waals surface area contributed by atoms with Crippen molar-refractivity contribution in [2.45, 2.75) is 71.1 Å². The van der Waals surface area contributed by atoms with E-state index in [1.807, 2.05) is 68.3 Å². The number of nitrogens with zero attached hydrogens (tertiary/aromatic N) is 5. The van der Waals surface area contributed by atoms with Gasteiger partial charge in [0.25, 0.3) is 0 Å². The Labute approximate surface area is 236 Å². The number of hydrogen-bond donors (Lipinski definition) is 1. The standard InChI is InChI=1S/C31H40N6O3/c1-22(38)37(26-11-9-24(10-12-26)33-29-32-21-23-7-5-6-8-28(23)34-29)27-15-13-25(14-16-27)35-17-19-36(20-18-35)30(39)40-31(2,3)4/h5-8,13-16,21,24,26H,9-12,17-20H2,1-4H3,(H,32,33,34). The molecule has 1 aromatic heterocycles. The molecule has 9 nitrogen and oxygen atoms in total. The Bertz CT molecular complexity index is 1320. The second kappa shape index (κ2) is 11.7. The van der Waals surface area contributed by atoms with Gasteiger partial charge in [-0.15, -0.1) is 0 Å². The van der Waals surface area contributed by atoms with Gasteiger partial charge in [0.1, 0.15) is 5.60 Å². The van der Waals surface area contributed by atoms with Crippen LogP contribution in [0.15, 0.2) is 54.7 Å². The van der Waals surface area contributed by atoms with E-state index in [1.54, 1.807) is 11.8 Å². The molecule has 9 heteroatoms. The molecule has 0 atom stereocenters. The summed E-state index contributed by atoms with van der Waals surface area (Å²) < 4.78 is 5.51. The van der Waals surface area contributed by atoms with Crippen molar-refractivity contribution < 1.29 is 14.3 Å². The first kappa shape index (κ1) is 27.7. The van der Waals surface area contributed by atoms with Crippen LogP contribution in [0.25, 0.3) is 10.9 Å². The first-order valence-electron chi connectivity index (χ1n) is 14.3. The molecule has 1 aliphatic carbocycles. The minimum absolute atomic E-state index is 0.0630. The molecule has 5 rings (SSSR count). The minimum Gasteiger partial charge on any atom is -0.444 e. The fraction of sp³-hybridized carbons (Fsp3) is 0.484. The highest BCUT2D eigenvalue weighted by Gasteiger charge is 2.30. The lowest BCUT2D eigenvalue weighted by Crippen LogP contribution is -2.50. The van der Waals surface area contributed by atoms with Crippen LogP contribution in [-0.2, 0) is 9.53 Å². The molecule has 1 saturated carbocycles. The van der Waals surface area contributed by atoms with Gasteiger partial charge in [-0.3, -0.25) is 4.79 Å². The van der Waals surface area contributed by atoms with E-state index in [0.29, 0.717) is 19.0 Å². The predicted octanol–water partition coefficient (Wildman–Crippen LogP) is 5.46. The molecule has 0 radical (unpaired) electrons. The SMILES string of the molecule is CC(=O)N(c1ccc(N2CCN(C(=O)OC(C)(C)C)CC2)cc1)C1CCC(Nc2ncc3ccccc3n2)CC1. The number of aromatic nitrogens is 2. The van der Waals surface area contributed by atoms with Crippen molar-refractivity contribution in [1.29, 1.82) is 0 Å². The van der Waals surface area contributed by atoms with Gasteiger partial charge in [0, 0.05) is 68.1 Å². The lowest BCUT2D eigenvalue weighted by atomic mass is 9.89. The molecule has 1 N–H and O–H groups in total. The van der Waals surface area contributed by atoms with Crippen LogP contribution in [-0.4, -0.2) is 70.7 Å². The summed E-state index contributed by atoms with van der Waals surface area (Å²) in [5.74, 6) is 0.723. The quantitative estimate of drug-likeness (QED) is 0.456. The Morgan fingerprint density at radius 3 is 2.27 bits per heavy atom. The average Bonchev–Trinajstić information content (AvgIpc) is 2.93. The molecule has 212 valence electrons. The van der Waals surface area contributed by atoms with Crippen LogP contribution in [0.1, 0.15) is 53.4 Å². The third-order valence-electron chi connectivity index (χ3n) is 7.65. The molecule has 2 amide bonds. The molecule has 3 aromatic rings. The topological polar surface area (TPSA) is 90.9 Å². The highest BCUT2D eigenvalue weighted by atomic mass is 16.6. The maximum absolute atomic E-state index is 12.8. The van der Waals surface area contributed by atoms with Crippen LogP contribution < -0.4 is 15.1 Å². The van der Waals surface area contributed by atoms with Crippen molar-refractivity contribution in [3.05, 3.63) is 54.7 Å². The summed E-state index contributed by atoms with van der Waals surface area (Å²) in [7, 11) is 0. The molecule has 0 spiro atoms. The third-order valence-corrected chi connectivity index (χ3v) is 7.65. The van der Waals surface area contributed by atoms with E-state index in [1.165, 1.54) is 0 Å². The summed E-state index contributed by atoms with van der Waals surface area (Å²) in [6.45, 7) is 10.0. The molecule has 0 bridgehead atoms. The van der Waals surface area contributed by atoms with Gasteiger partial charge < -0.3 is 24.8 Å². The van der Waals surface area contributed by atoms with Gasteiger partial charge in [-0.1, -0.05) is 18.2 Å². The molecule has 2 aromatic carbocycles. The van der Waals surface area contributed by atoms with Gasteiger partial charge in [0.05, 0.1) is 5.52 Å². The minimum atomic E-state index is -0.492. The maximum atomic E-state index is 12.8. The predicted molar refractivity (Wildman–Crippen MR) is 159 cm³/mol. The lowest BCUT2D eigenvalue weighted by molar-refractivity contribution is -0.117. The van der Waals surface area contributed by atoms with Crippen molar-refractivity contribution in [3.8, 4) is 0 Å². The average molecular weight is 545 g/mol. The summed E-state index contributed by atoms with van der Waals surface area (Å²) in [6.07, 6.45) is 5.33. The van der Waals surface area contributed by atoms with Crippen molar-refractivity contribution in [2.75, 3.05) is 41.3 Å². The van der Waals surface area contributed by atoms with Crippen molar-refractivity contribution in [3.63, 3.8) is 0 Å². The first-order valence-corrected chi connectivity index (χ1v) is 14.3. The Hall–Kier alpha value is -3.88. The van der Waals surface area contributed by atoms with E-state index in [0.717, 1.165) is 61.1 Å². The summed E-state index contributed by atoms with van der Waals surface area (Å²) in [6, 6.07) is 16.7. The van der Waals surface area contributed by atoms with Gasteiger partial charge >= 0.3 is 6.09 Å². The molecular weight excluding hydrogens is 504 g/mol. The molecule has 2 aliphatic rings. The number of nitrogens with one attached hydrogen (secondary N) is 1. The number of rotatable bonds is 5. The Balaban J connectivity index is 1.16. The number of carbonyl (C=O) groups excluding carboxylic acids is 2. The Morgan fingerprint density at radius 1 is 0.950 bits per heavy atom. The molecule has 2 heterocycles. The summed E-state index contributed by atoms with van der Waals surface area (Å²) in [5, 5.41) is 4.53. The van der Waals surface area contributed by atoms with E-state index in [9.17, 15) is 9.59 Å². The van der Waals surface area contributed by atoms with Gasteiger partial charge in [0.2, 0.25) is 11.9 Å². The van der Waals surface area contributed by atoms with E-state index in [-0.39, 0.29) is 24.1 Å². The molecule has 2 fully saturated rings. The Morgan fingerprint density at radius 2 is 1.62 bits per heavy atom. The number of hydrogen-bond acceptors (Lipinski definition) is 7. The number of fused-ring (bicyclic) bond motifs is 1. The summed E-state index contributed by atoms with van der Waals surface area (Å²) >= 11 is 0. The molecule has 0 unspecified atom stereocenters. The first-order chi connectivity index (χ1) is 19.2. The zero-order chi connectivity index (χ0) is 28.3. The number of ether oxygens (including phenoxy) is 1. The number of piperazine rings is 1. The van der Waals surface area contributed by atoms with Crippen LogP contribution in [0.4, 0.5) is 22.1 Å².